The number of amides is 1. The molecule has 0 bridgehead atoms. The third kappa shape index (κ3) is 6.15. The Kier molecular flexibility index (Phi) is 7.79. The van der Waals surface area contributed by atoms with Crippen molar-refractivity contribution >= 4 is 28.5 Å². The van der Waals surface area contributed by atoms with E-state index in [-0.39, 0.29) is 23.8 Å². The van der Waals surface area contributed by atoms with Crippen LogP contribution in [0.1, 0.15) is 61.4 Å². The first kappa shape index (κ1) is 25.5. The van der Waals surface area contributed by atoms with Crippen molar-refractivity contribution in [2.75, 3.05) is 19.0 Å². The van der Waals surface area contributed by atoms with Crippen molar-refractivity contribution in [3.63, 3.8) is 0 Å². The molecule has 0 radical (unpaired) electrons. The Morgan fingerprint density at radius 1 is 1.19 bits per heavy atom. The Morgan fingerprint density at radius 3 is 2.75 bits per heavy atom. The summed E-state index contributed by atoms with van der Waals surface area (Å²) >= 11 is 0. The number of carbonyl (C=O) groups excluding carboxylic acids is 1. The van der Waals surface area contributed by atoms with Crippen molar-refractivity contribution in [1.82, 2.24) is 20.3 Å². The molecule has 1 aliphatic carbocycles. The molecule has 0 aliphatic heterocycles. The van der Waals surface area contributed by atoms with Crippen LogP contribution in [-0.4, -0.2) is 58.0 Å². The average Bonchev–Trinajstić information content (AvgIpc) is 2.85. The highest BCUT2D eigenvalue weighted by Crippen LogP contribution is 2.28. The molecular weight excluding hydrogens is 454 g/mol. The predicted molar refractivity (Wildman–Crippen MR) is 142 cm³/mol. The van der Waals surface area contributed by atoms with E-state index in [9.17, 15) is 4.79 Å². The van der Waals surface area contributed by atoms with E-state index < -0.39 is 5.54 Å². The molecule has 36 heavy (non-hydrogen) atoms. The zero-order chi connectivity index (χ0) is 25.7. The number of nitrogens with zero attached hydrogens (tertiary/aromatic N) is 4. The maximum Gasteiger partial charge on any atom is 0.289 e. The van der Waals surface area contributed by atoms with Crippen molar-refractivity contribution in [2.45, 2.75) is 64.1 Å². The standard InChI is InChI=1S/C27H35N7O2/c1-17-12-13-19-18(15-17)24(33-25(31-19)26(35)34-27(2,3)16-36-4)32-21-10-6-5-9-20(21)30-23(28)22-11-7-8-14-29-22/h7-8,11-15,20-21H,5-6,9-10,16H2,1-4H3,(H2,28,30)(H,34,35)(H,31,32,33)/t20-,21+/m1/s1. The Morgan fingerprint density at radius 2 is 2.00 bits per heavy atom. The minimum Gasteiger partial charge on any atom is -0.382 e. The fraction of sp³-hybridized carbons (Fsp3) is 0.444. The summed E-state index contributed by atoms with van der Waals surface area (Å²) in [5.41, 5.74) is 8.21. The van der Waals surface area contributed by atoms with Gasteiger partial charge in [0.2, 0.25) is 5.82 Å². The Balaban J connectivity index is 1.66. The summed E-state index contributed by atoms with van der Waals surface area (Å²) in [6.07, 6.45) is 5.70. The van der Waals surface area contributed by atoms with Crippen molar-refractivity contribution in [3.05, 3.63) is 59.7 Å². The molecule has 4 rings (SSSR count). The van der Waals surface area contributed by atoms with Gasteiger partial charge in [0.05, 0.1) is 23.7 Å². The number of anilines is 1. The van der Waals surface area contributed by atoms with Crippen LogP contribution in [0.4, 0.5) is 5.82 Å². The number of carbonyl (C=O) groups is 1. The van der Waals surface area contributed by atoms with Crippen LogP contribution in [0.5, 0.6) is 0 Å². The number of aliphatic imine (C=N–C) groups is 1. The number of nitrogens with one attached hydrogen (secondary N) is 2. The van der Waals surface area contributed by atoms with Gasteiger partial charge in [-0.2, -0.15) is 0 Å². The lowest BCUT2D eigenvalue weighted by atomic mass is 9.90. The number of hydrogen-bond donors (Lipinski definition) is 3. The zero-order valence-electron chi connectivity index (χ0n) is 21.4. The predicted octanol–water partition coefficient (Wildman–Crippen LogP) is 3.62. The van der Waals surface area contributed by atoms with E-state index in [1.54, 1.807) is 13.3 Å². The van der Waals surface area contributed by atoms with Gasteiger partial charge in [0.15, 0.2) is 0 Å². The van der Waals surface area contributed by atoms with Gasteiger partial charge >= 0.3 is 0 Å². The summed E-state index contributed by atoms with van der Waals surface area (Å²) < 4.78 is 5.23. The highest BCUT2D eigenvalue weighted by atomic mass is 16.5. The van der Waals surface area contributed by atoms with Crippen LogP contribution >= 0.6 is 0 Å². The first-order chi connectivity index (χ1) is 17.3. The molecule has 9 heteroatoms. The van der Waals surface area contributed by atoms with Crippen LogP contribution in [0.15, 0.2) is 47.6 Å². The molecule has 1 aromatic carbocycles. The SMILES string of the molecule is COCC(C)(C)NC(=O)c1nc(N[C@H]2CCCC[C@H]2N=C(N)c2ccccn2)c2cc(C)ccc2n1. The summed E-state index contributed by atoms with van der Waals surface area (Å²) in [6, 6.07) is 11.5. The lowest BCUT2D eigenvalue weighted by Gasteiger charge is -2.31. The van der Waals surface area contributed by atoms with Crippen molar-refractivity contribution in [2.24, 2.45) is 10.7 Å². The van der Waals surface area contributed by atoms with E-state index in [0.717, 1.165) is 36.6 Å². The van der Waals surface area contributed by atoms with Crippen LogP contribution in [-0.2, 0) is 4.74 Å². The van der Waals surface area contributed by atoms with Crippen LogP contribution in [0.3, 0.4) is 0 Å². The van der Waals surface area contributed by atoms with Crippen molar-refractivity contribution < 1.29 is 9.53 Å². The van der Waals surface area contributed by atoms with Crippen molar-refractivity contribution in [1.29, 1.82) is 0 Å². The first-order valence-electron chi connectivity index (χ1n) is 12.4. The van der Waals surface area contributed by atoms with E-state index in [1.807, 2.05) is 57.2 Å². The monoisotopic (exact) mass is 489 g/mol. The Bertz CT molecular complexity index is 1240. The van der Waals surface area contributed by atoms with Gasteiger partial charge in [-0.3, -0.25) is 14.8 Å². The van der Waals surface area contributed by atoms with E-state index >= 15 is 0 Å². The number of methoxy groups -OCH3 is 1. The topological polar surface area (TPSA) is 127 Å². The lowest BCUT2D eigenvalue weighted by Crippen LogP contribution is -2.47. The highest BCUT2D eigenvalue weighted by molar-refractivity contribution is 5.97. The molecule has 190 valence electrons. The molecule has 1 fully saturated rings. The van der Waals surface area contributed by atoms with E-state index in [0.29, 0.717) is 29.5 Å². The van der Waals surface area contributed by atoms with E-state index in [1.165, 1.54) is 0 Å². The number of pyridine rings is 1. The normalized spacial score (nSPS) is 18.7. The van der Waals surface area contributed by atoms with Gasteiger partial charge in [-0.1, -0.05) is 30.5 Å². The van der Waals surface area contributed by atoms with Crippen LogP contribution in [0, 0.1) is 6.92 Å². The van der Waals surface area contributed by atoms with Gasteiger partial charge in [-0.25, -0.2) is 9.97 Å². The largest absolute Gasteiger partial charge is 0.382 e. The molecule has 2 heterocycles. The molecule has 4 N–H and O–H groups in total. The second-order valence-electron chi connectivity index (χ2n) is 10.0. The second kappa shape index (κ2) is 11.0. The molecule has 0 spiro atoms. The van der Waals surface area contributed by atoms with Gasteiger partial charge < -0.3 is 21.1 Å². The molecule has 1 amide bonds. The highest BCUT2D eigenvalue weighted by Gasteiger charge is 2.28. The summed E-state index contributed by atoms with van der Waals surface area (Å²) in [6.45, 7) is 6.19. The summed E-state index contributed by atoms with van der Waals surface area (Å²) in [7, 11) is 1.61. The van der Waals surface area contributed by atoms with Gasteiger partial charge in [-0.05, 0) is 57.9 Å². The smallest absolute Gasteiger partial charge is 0.289 e. The number of aryl methyl sites for hydroxylation is 1. The van der Waals surface area contributed by atoms with Crippen LogP contribution in [0.2, 0.25) is 0 Å². The number of rotatable bonds is 8. The maximum absolute atomic E-state index is 13.1. The number of fused-ring (bicyclic) bond motifs is 1. The molecular formula is C27H35N7O2. The summed E-state index contributed by atoms with van der Waals surface area (Å²) in [4.78, 5) is 31.5. The van der Waals surface area contributed by atoms with Gasteiger partial charge in [0, 0.05) is 24.7 Å². The van der Waals surface area contributed by atoms with Gasteiger partial charge in [0.1, 0.15) is 17.3 Å². The third-order valence-electron chi connectivity index (χ3n) is 6.30. The first-order valence-corrected chi connectivity index (χ1v) is 12.4. The van der Waals surface area contributed by atoms with Crippen LogP contribution in [0.25, 0.3) is 10.9 Å². The molecule has 9 nitrogen and oxygen atoms in total. The number of ether oxygens (including phenoxy) is 1. The van der Waals surface area contributed by atoms with Crippen molar-refractivity contribution in [3.8, 4) is 0 Å². The Labute approximate surface area is 212 Å². The van der Waals surface area contributed by atoms with Crippen LogP contribution < -0.4 is 16.4 Å². The number of aromatic nitrogens is 3. The summed E-state index contributed by atoms with van der Waals surface area (Å²) in [5.74, 6) is 0.821. The molecule has 2 aromatic heterocycles. The minimum atomic E-state index is -0.558. The lowest BCUT2D eigenvalue weighted by molar-refractivity contribution is 0.0810. The average molecular weight is 490 g/mol. The number of benzene rings is 1. The summed E-state index contributed by atoms with van der Waals surface area (Å²) in [5, 5.41) is 7.44. The van der Waals surface area contributed by atoms with E-state index in [2.05, 4.69) is 25.6 Å². The second-order valence-corrected chi connectivity index (χ2v) is 10.0. The van der Waals surface area contributed by atoms with Gasteiger partial charge in [-0.15, -0.1) is 0 Å². The quantitative estimate of drug-likeness (QED) is 0.326. The molecule has 1 aliphatic rings. The fourth-order valence-electron chi connectivity index (χ4n) is 4.58. The molecule has 3 aromatic rings. The number of hydrogen-bond acceptors (Lipinski definition) is 7. The Hall–Kier alpha value is -3.59. The fourth-order valence-corrected chi connectivity index (χ4v) is 4.58. The van der Waals surface area contributed by atoms with E-state index in [4.69, 9.17) is 15.5 Å². The molecule has 2 atom stereocenters. The molecule has 0 saturated heterocycles. The molecule has 0 unspecified atom stereocenters. The number of amidine groups is 1. The third-order valence-corrected chi connectivity index (χ3v) is 6.30. The molecule has 1 saturated carbocycles. The maximum atomic E-state index is 13.1. The minimum absolute atomic E-state index is 0.0143. The van der Waals surface area contributed by atoms with Gasteiger partial charge in [0.25, 0.3) is 5.91 Å². The number of nitrogens with two attached hydrogens (primary N) is 1. The zero-order valence-corrected chi connectivity index (χ0v) is 21.4.